The number of hydrogen-bond donors (Lipinski definition) is 3. The Hall–Kier alpha value is -3.63. The van der Waals surface area contributed by atoms with Gasteiger partial charge in [0.25, 0.3) is 11.8 Å². The third-order valence-corrected chi connectivity index (χ3v) is 5.25. The first kappa shape index (κ1) is 25.0. The Balaban J connectivity index is 1.47. The van der Waals surface area contributed by atoms with E-state index in [1.807, 2.05) is 0 Å². The summed E-state index contributed by atoms with van der Waals surface area (Å²) in [7, 11) is 0. The zero-order chi connectivity index (χ0) is 24.8. The van der Waals surface area contributed by atoms with Gasteiger partial charge in [0, 0.05) is 29.7 Å². The molecule has 0 spiro atoms. The molecule has 0 saturated carbocycles. The monoisotopic (exact) mass is 506 g/mol. The first-order valence-electron chi connectivity index (χ1n) is 10.0. The summed E-state index contributed by atoms with van der Waals surface area (Å²) in [5, 5.41) is 6.63. The van der Waals surface area contributed by atoms with E-state index in [0.29, 0.717) is 16.4 Å². The molecule has 10 nitrogen and oxygen atoms in total. The van der Waals surface area contributed by atoms with Gasteiger partial charge in [-0.3, -0.25) is 34.4 Å². The molecule has 1 atom stereocenters. The first-order chi connectivity index (χ1) is 16.1. The molecular weight excluding hydrogens is 487 g/mol. The number of hydrazine groups is 1. The number of carbonyl (C=O) groups is 5. The number of benzene rings is 2. The van der Waals surface area contributed by atoms with Gasteiger partial charge in [-0.1, -0.05) is 23.2 Å². The van der Waals surface area contributed by atoms with Crippen LogP contribution >= 0.6 is 23.2 Å². The van der Waals surface area contributed by atoms with Crippen molar-refractivity contribution in [3.05, 3.63) is 58.1 Å². The van der Waals surface area contributed by atoms with Gasteiger partial charge in [-0.15, -0.1) is 0 Å². The molecule has 1 aliphatic rings. The second kappa shape index (κ2) is 11.0. The van der Waals surface area contributed by atoms with Crippen molar-refractivity contribution in [2.24, 2.45) is 5.92 Å². The first-order valence-corrected chi connectivity index (χ1v) is 10.8. The summed E-state index contributed by atoms with van der Waals surface area (Å²) in [4.78, 5) is 60.0. The Morgan fingerprint density at radius 2 is 1.68 bits per heavy atom. The number of anilines is 2. The van der Waals surface area contributed by atoms with E-state index >= 15 is 0 Å². The predicted octanol–water partition coefficient (Wildman–Crippen LogP) is 2.63. The molecule has 178 valence electrons. The lowest BCUT2D eigenvalue weighted by atomic mass is 10.1. The zero-order valence-electron chi connectivity index (χ0n) is 17.9. The molecule has 0 aromatic heterocycles. The average molecular weight is 507 g/mol. The van der Waals surface area contributed by atoms with E-state index < -0.39 is 36.2 Å². The number of hydrogen-bond acceptors (Lipinski definition) is 6. The number of halogens is 2. The third kappa shape index (κ3) is 6.69. The SMILES string of the molecule is CC(=O)Nc1ccc(NC(=O)COC(=O)[C@@H]2CC(=O)N(NC(=O)c3ccc(Cl)cc3Cl)C2)cc1. The highest BCUT2D eigenvalue weighted by Crippen LogP contribution is 2.22. The summed E-state index contributed by atoms with van der Waals surface area (Å²) < 4.78 is 5.02. The lowest BCUT2D eigenvalue weighted by Crippen LogP contribution is -2.43. The van der Waals surface area contributed by atoms with Crippen molar-refractivity contribution in [2.45, 2.75) is 13.3 Å². The molecule has 12 heteroatoms. The molecule has 2 aromatic rings. The number of ether oxygens (including phenoxy) is 1. The van der Waals surface area contributed by atoms with Crippen LogP contribution < -0.4 is 16.1 Å². The second-order valence-electron chi connectivity index (χ2n) is 7.38. The third-order valence-electron chi connectivity index (χ3n) is 4.71. The largest absolute Gasteiger partial charge is 0.455 e. The molecule has 0 radical (unpaired) electrons. The highest BCUT2D eigenvalue weighted by molar-refractivity contribution is 6.36. The normalized spacial score (nSPS) is 15.0. The van der Waals surface area contributed by atoms with E-state index in [4.69, 9.17) is 27.9 Å². The molecule has 0 aliphatic carbocycles. The van der Waals surface area contributed by atoms with Crippen LogP contribution in [-0.4, -0.2) is 47.8 Å². The summed E-state index contributed by atoms with van der Waals surface area (Å²) in [5.41, 5.74) is 3.54. The van der Waals surface area contributed by atoms with Gasteiger partial charge in [0.2, 0.25) is 11.8 Å². The quantitative estimate of drug-likeness (QED) is 0.494. The zero-order valence-corrected chi connectivity index (χ0v) is 19.4. The van der Waals surface area contributed by atoms with E-state index in [1.165, 1.54) is 25.1 Å². The minimum Gasteiger partial charge on any atom is -0.455 e. The lowest BCUT2D eigenvalue weighted by molar-refractivity contribution is -0.151. The van der Waals surface area contributed by atoms with Gasteiger partial charge in [0.15, 0.2) is 6.61 Å². The molecular formula is C22H20Cl2N4O6. The van der Waals surface area contributed by atoms with E-state index in [1.54, 1.807) is 24.3 Å². The summed E-state index contributed by atoms with van der Waals surface area (Å²) in [6.07, 6.45) is -0.181. The van der Waals surface area contributed by atoms with E-state index in [9.17, 15) is 24.0 Å². The molecule has 1 saturated heterocycles. The van der Waals surface area contributed by atoms with Crippen molar-refractivity contribution in [1.82, 2.24) is 10.4 Å². The summed E-state index contributed by atoms with van der Waals surface area (Å²) in [6.45, 7) is 0.717. The number of esters is 1. The Kier molecular flexibility index (Phi) is 8.08. The van der Waals surface area contributed by atoms with Crippen LogP contribution in [0.4, 0.5) is 11.4 Å². The smallest absolute Gasteiger partial charge is 0.311 e. The van der Waals surface area contributed by atoms with Crippen molar-refractivity contribution < 1.29 is 28.7 Å². The van der Waals surface area contributed by atoms with Crippen molar-refractivity contribution in [3.8, 4) is 0 Å². The van der Waals surface area contributed by atoms with Gasteiger partial charge in [-0.05, 0) is 42.5 Å². The van der Waals surface area contributed by atoms with Gasteiger partial charge in [0.05, 0.1) is 23.0 Å². The summed E-state index contributed by atoms with van der Waals surface area (Å²) in [5.74, 6) is -3.51. The molecule has 1 aliphatic heterocycles. The maximum absolute atomic E-state index is 12.4. The molecule has 0 bridgehead atoms. The van der Waals surface area contributed by atoms with Crippen LogP contribution in [0, 0.1) is 5.92 Å². The molecule has 34 heavy (non-hydrogen) atoms. The Morgan fingerprint density at radius 1 is 1.03 bits per heavy atom. The molecule has 3 rings (SSSR count). The molecule has 1 heterocycles. The number of nitrogens with one attached hydrogen (secondary N) is 3. The Bertz CT molecular complexity index is 1140. The fourth-order valence-corrected chi connectivity index (χ4v) is 3.62. The Labute approximate surface area is 204 Å². The fourth-order valence-electron chi connectivity index (χ4n) is 3.12. The Morgan fingerprint density at radius 3 is 2.29 bits per heavy atom. The molecule has 0 unspecified atom stereocenters. The summed E-state index contributed by atoms with van der Waals surface area (Å²) in [6, 6.07) is 10.7. The van der Waals surface area contributed by atoms with Gasteiger partial charge in [0.1, 0.15) is 0 Å². The van der Waals surface area contributed by atoms with Crippen molar-refractivity contribution >= 4 is 64.2 Å². The molecule has 3 N–H and O–H groups in total. The number of nitrogens with zero attached hydrogens (tertiary/aromatic N) is 1. The number of amides is 4. The standard InChI is InChI=1S/C22H20Cl2N4O6/c1-12(29)25-15-3-5-16(6-4-15)26-19(30)11-34-22(33)13-8-20(31)28(10-13)27-21(32)17-7-2-14(23)9-18(17)24/h2-7,9,13H,8,10-11H2,1H3,(H,25,29)(H,26,30)(H,27,32)/t13-/m1/s1. The van der Waals surface area contributed by atoms with Crippen LogP contribution in [0.5, 0.6) is 0 Å². The maximum atomic E-state index is 12.4. The summed E-state index contributed by atoms with van der Waals surface area (Å²) >= 11 is 11.8. The van der Waals surface area contributed by atoms with E-state index in [0.717, 1.165) is 5.01 Å². The van der Waals surface area contributed by atoms with Gasteiger partial charge >= 0.3 is 5.97 Å². The van der Waals surface area contributed by atoms with Crippen molar-refractivity contribution in [1.29, 1.82) is 0 Å². The highest BCUT2D eigenvalue weighted by Gasteiger charge is 2.37. The van der Waals surface area contributed by atoms with E-state index in [2.05, 4.69) is 16.1 Å². The lowest BCUT2D eigenvalue weighted by Gasteiger charge is -2.18. The van der Waals surface area contributed by atoms with Crippen molar-refractivity contribution in [3.63, 3.8) is 0 Å². The molecule has 1 fully saturated rings. The van der Waals surface area contributed by atoms with Crippen LogP contribution in [0.25, 0.3) is 0 Å². The second-order valence-corrected chi connectivity index (χ2v) is 8.23. The van der Waals surface area contributed by atoms with Gasteiger partial charge in [-0.25, -0.2) is 0 Å². The van der Waals surface area contributed by atoms with Crippen LogP contribution in [0.1, 0.15) is 23.7 Å². The van der Waals surface area contributed by atoms with Gasteiger partial charge in [-0.2, -0.15) is 0 Å². The van der Waals surface area contributed by atoms with E-state index in [-0.39, 0.29) is 29.5 Å². The predicted molar refractivity (Wildman–Crippen MR) is 124 cm³/mol. The van der Waals surface area contributed by atoms with Gasteiger partial charge < -0.3 is 15.4 Å². The van der Waals surface area contributed by atoms with Crippen LogP contribution in [0.3, 0.4) is 0 Å². The maximum Gasteiger partial charge on any atom is 0.311 e. The topological polar surface area (TPSA) is 134 Å². The minimum atomic E-state index is -0.849. The average Bonchev–Trinajstić information content (AvgIpc) is 3.13. The highest BCUT2D eigenvalue weighted by atomic mass is 35.5. The molecule has 4 amide bonds. The van der Waals surface area contributed by atoms with Crippen molar-refractivity contribution in [2.75, 3.05) is 23.8 Å². The van der Waals surface area contributed by atoms with Crippen LogP contribution in [0.2, 0.25) is 10.0 Å². The minimum absolute atomic E-state index is 0.110. The van der Waals surface area contributed by atoms with Crippen LogP contribution in [0.15, 0.2) is 42.5 Å². The molecule has 2 aromatic carbocycles. The van der Waals surface area contributed by atoms with Crippen LogP contribution in [-0.2, 0) is 23.9 Å². The number of carbonyl (C=O) groups excluding carboxylic acids is 5. The fraction of sp³-hybridized carbons (Fsp3) is 0.227. The number of rotatable bonds is 7.